The second-order valence-corrected chi connectivity index (χ2v) is 1.62. The Labute approximate surface area is 59.5 Å². The van der Waals surface area contributed by atoms with Crippen molar-refractivity contribution in [2.75, 3.05) is 0 Å². The van der Waals surface area contributed by atoms with Gasteiger partial charge in [0.05, 0.1) is 0 Å². The summed E-state index contributed by atoms with van der Waals surface area (Å²) in [4.78, 5) is 14.3. The van der Waals surface area contributed by atoms with E-state index in [4.69, 9.17) is 0 Å². The van der Waals surface area contributed by atoms with Crippen molar-refractivity contribution in [2.45, 2.75) is 0 Å². The Hall–Kier alpha value is -1.32. The largest absolute Gasteiger partial charge is 0.539 e. The maximum Gasteiger partial charge on any atom is 0.378 e. The quantitative estimate of drug-likeness (QED) is 0.517. The lowest BCUT2D eigenvalue weighted by Crippen LogP contribution is -2.03. The minimum atomic E-state index is -0.624. The van der Waals surface area contributed by atoms with Gasteiger partial charge in [-0.15, -0.1) is 0 Å². The summed E-state index contributed by atoms with van der Waals surface area (Å²) < 4.78 is 3.93. The zero-order chi connectivity index (χ0) is 7.40. The smallest absolute Gasteiger partial charge is 0.378 e. The van der Waals surface area contributed by atoms with Gasteiger partial charge in [0, 0.05) is 6.20 Å². The molecule has 0 fully saturated rings. The number of nitrogens with zero attached hydrogens (tertiary/aromatic N) is 1. The minimum absolute atomic E-state index is 0.213. The van der Waals surface area contributed by atoms with Gasteiger partial charge in [-0.3, -0.25) is 0 Å². The molecule has 0 amide bonds. The first-order valence-electron chi connectivity index (χ1n) is 2.66. The van der Waals surface area contributed by atoms with E-state index >= 15 is 0 Å². The van der Waals surface area contributed by atoms with Crippen LogP contribution in [0.5, 0.6) is 0 Å². The number of carbonyl (C=O) groups is 1. The molecule has 0 N–H and O–H groups in total. The van der Waals surface area contributed by atoms with Crippen LogP contribution in [0.25, 0.3) is 0 Å². The van der Waals surface area contributed by atoms with Crippen LogP contribution < -0.4 is 0 Å². The topological polar surface area (TPSA) is 39.2 Å². The lowest BCUT2D eigenvalue weighted by atomic mass is 10.3. The molecule has 1 aromatic rings. The molecule has 1 rings (SSSR count). The molecule has 0 saturated heterocycles. The molecule has 0 unspecified atom stereocenters. The fourth-order valence-corrected chi connectivity index (χ4v) is 0.544. The average Bonchev–Trinajstić information content (AvgIpc) is 2.05. The molecule has 48 valence electrons. The van der Waals surface area contributed by atoms with Crippen LogP contribution in [-0.2, 0) is 4.65 Å². The van der Waals surface area contributed by atoms with E-state index in [9.17, 15) is 4.79 Å². The Balaban J connectivity index is 2.85. The van der Waals surface area contributed by atoms with Crippen LogP contribution in [0.3, 0.4) is 0 Å². The van der Waals surface area contributed by atoms with Crippen LogP contribution in [0, 0.1) is 0 Å². The first-order chi connectivity index (χ1) is 4.84. The molecule has 4 heteroatoms. The molecular weight excluding hydrogens is 129 g/mol. The number of hydrogen-bond acceptors (Lipinski definition) is 3. The zero-order valence-corrected chi connectivity index (χ0v) is 5.15. The molecule has 2 radical (unpaired) electrons. The highest BCUT2D eigenvalue weighted by molar-refractivity contribution is 6.08. The summed E-state index contributed by atoms with van der Waals surface area (Å²) >= 11 is 0. The van der Waals surface area contributed by atoms with Crippen molar-refractivity contribution < 1.29 is 9.45 Å². The number of hydrogen-bond donors (Lipinski definition) is 0. The Morgan fingerprint density at radius 1 is 1.60 bits per heavy atom. The molecule has 0 bridgehead atoms. The maximum absolute atomic E-state index is 10.6. The third-order valence-corrected chi connectivity index (χ3v) is 0.981. The first-order valence-corrected chi connectivity index (χ1v) is 2.66. The van der Waals surface area contributed by atoms with Crippen molar-refractivity contribution in [2.24, 2.45) is 0 Å². The van der Waals surface area contributed by atoms with Crippen molar-refractivity contribution in [3.8, 4) is 0 Å². The van der Waals surface area contributed by atoms with E-state index in [0.717, 1.165) is 0 Å². The van der Waals surface area contributed by atoms with E-state index in [1.165, 1.54) is 12.3 Å². The Kier molecular flexibility index (Phi) is 2.05. The molecule has 10 heavy (non-hydrogen) atoms. The van der Waals surface area contributed by atoms with E-state index in [1.54, 1.807) is 12.1 Å². The number of carbonyl (C=O) groups excluding carboxylic acids is 1. The van der Waals surface area contributed by atoms with Crippen molar-refractivity contribution in [3.05, 3.63) is 30.1 Å². The van der Waals surface area contributed by atoms with Gasteiger partial charge in [0.2, 0.25) is 0 Å². The molecule has 0 saturated carbocycles. The Bertz CT molecular complexity index is 224. The summed E-state index contributed by atoms with van der Waals surface area (Å²) in [5.41, 5.74) is 0.213. The number of aromatic nitrogens is 1. The average molecular weight is 133 g/mol. The van der Waals surface area contributed by atoms with Crippen LogP contribution in [0.4, 0.5) is 0 Å². The summed E-state index contributed by atoms with van der Waals surface area (Å²) in [7, 11) is 4.61. The molecule has 3 nitrogen and oxygen atoms in total. The predicted molar refractivity (Wildman–Crippen MR) is 35.4 cm³/mol. The molecule has 0 aromatic carbocycles. The van der Waals surface area contributed by atoms with Gasteiger partial charge in [-0.25, -0.2) is 9.78 Å². The highest BCUT2D eigenvalue weighted by Crippen LogP contribution is 1.93. The van der Waals surface area contributed by atoms with Crippen LogP contribution in [0.2, 0.25) is 0 Å². The highest BCUT2D eigenvalue weighted by Gasteiger charge is 2.02. The maximum atomic E-state index is 10.6. The lowest BCUT2D eigenvalue weighted by molar-refractivity contribution is 0.0743. The van der Waals surface area contributed by atoms with Crippen molar-refractivity contribution in [3.63, 3.8) is 0 Å². The van der Waals surface area contributed by atoms with Crippen LogP contribution in [-0.4, -0.2) is 19.0 Å². The van der Waals surface area contributed by atoms with E-state index < -0.39 is 5.97 Å². The summed E-state index contributed by atoms with van der Waals surface area (Å²) in [5, 5.41) is 0. The zero-order valence-electron chi connectivity index (χ0n) is 5.15. The van der Waals surface area contributed by atoms with E-state index in [2.05, 4.69) is 17.7 Å². The molecule has 0 aliphatic rings. The summed E-state index contributed by atoms with van der Waals surface area (Å²) in [6.07, 6.45) is 1.49. The minimum Gasteiger partial charge on any atom is -0.539 e. The van der Waals surface area contributed by atoms with Gasteiger partial charge < -0.3 is 4.65 Å². The van der Waals surface area contributed by atoms with Gasteiger partial charge in [0.25, 0.3) is 0 Å². The van der Waals surface area contributed by atoms with Crippen LogP contribution in [0.1, 0.15) is 10.5 Å². The third kappa shape index (κ3) is 1.34. The molecule has 0 atom stereocenters. The lowest BCUT2D eigenvalue weighted by Gasteiger charge is -1.95. The number of pyridine rings is 1. The standard InChI is InChI=1S/C6H4BNO2/c7-10-6(9)5-3-1-2-4-8-5/h1-4H. The monoisotopic (exact) mass is 133 g/mol. The summed E-state index contributed by atoms with van der Waals surface area (Å²) in [6.45, 7) is 0. The fraction of sp³-hybridized carbons (Fsp3) is 0. The van der Waals surface area contributed by atoms with Crippen molar-refractivity contribution >= 4 is 14.0 Å². The van der Waals surface area contributed by atoms with Crippen LogP contribution >= 0.6 is 0 Å². The molecule has 0 aliphatic carbocycles. The first kappa shape index (κ1) is 6.80. The van der Waals surface area contributed by atoms with Gasteiger partial charge >= 0.3 is 14.0 Å². The van der Waals surface area contributed by atoms with Gasteiger partial charge in [0.15, 0.2) is 0 Å². The van der Waals surface area contributed by atoms with E-state index in [0.29, 0.717) is 0 Å². The Morgan fingerprint density at radius 2 is 2.40 bits per heavy atom. The second-order valence-electron chi connectivity index (χ2n) is 1.62. The SMILES string of the molecule is [B]OC(=O)c1ccccn1. The van der Waals surface area contributed by atoms with Gasteiger partial charge in [-0.2, -0.15) is 0 Å². The van der Waals surface area contributed by atoms with Crippen molar-refractivity contribution in [1.82, 2.24) is 4.98 Å². The molecule has 0 aliphatic heterocycles. The van der Waals surface area contributed by atoms with Crippen molar-refractivity contribution in [1.29, 1.82) is 0 Å². The van der Waals surface area contributed by atoms with Gasteiger partial charge in [-0.1, -0.05) is 6.07 Å². The highest BCUT2D eigenvalue weighted by atomic mass is 16.5. The molecule has 1 heterocycles. The van der Waals surface area contributed by atoms with Crippen LogP contribution in [0.15, 0.2) is 24.4 Å². The van der Waals surface area contributed by atoms with Gasteiger partial charge in [-0.05, 0) is 12.1 Å². The summed E-state index contributed by atoms with van der Waals surface area (Å²) in [5.74, 6) is -0.624. The van der Waals surface area contributed by atoms with Gasteiger partial charge in [0.1, 0.15) is 5.69 Å². The normalized spacial score (nSPS) is 8.80. The van der Waals surface area contributed by atoms with E-state index in [-0.39, 0.29) is 5.69 Å². The van der Waals surface area contributed by atoms with E-state index in [1.807, 2.05) is 0 Å². The number of rotatable bonds is 1. The third-order valence-electron chi connectivity index (χ3n) is 0.981. The second kappa shape index (κ2) is 3.01. The molecule has 1 aromatic heterocycles. The summed E-state index contributed by atoms with van der Waals surface area (Å²) in [6, 6.07) is 4.90. The molecule has 0 spiro atoms. The fourth-order valence-electron chi connectivity index (χ4n) is 0.544. The molecular formula is C6H4BNO2. The predicted octanol–water partition coefficient (Wildman–Crippen LogP) is 0.322. The Morgan fingerprint density at radius 3 is 2.90 bits per heavy atom.